The van der Waals surface area contributed by atoms with Crippen LogP contribution in [0.3, 0.4) is 0 Å². The summed E-state index contributed by atoms with van der Waals surface area (Å²) in [6.07, 6.45) is 6.33. The van der Waals surface area contributed by atoms with Crippen LogP contribution in [0.4, 0.5) is 5.82 Å². The Kier molecular flexibility index (Phi) is 1.42. The Morgan fingerprint density at radius 3 is 3.00 bits per heavy atom. The van der Waals surface area contributed by atoms with Crippen molar-refractivity contribution < 1.29 is 0 Å². The molecule has 50 valence electrons. The summed E-state index contributed by atoms with van der Waals surface area (Å²) in [6.45, 7) is 0. The van der Waals surface area contributed by atoms with Gasteiger partial charge in [-0.25, -0.2) is 9.36 Å². The van der Waals surface area contributed by atoms with Crippen LogP contribution >= 0.6 is 0 Å². The molecule has 2 N–H and O–H groups in total. The van der Waals surface area contributed by atoms with Gasteiger partial charge in [0.25, 0.3) is 0 Å². The first-order chi connectivity index (χ1) is 4.74. The van der Waals surface area contributed by atoms with E-state index in [1.54, 1.807) is 0 Å². The van der Waals surface area contributed by atoms with Crippen molar-refractivity contribution >= 4 is 5.82 Å². The van der Waals surface area contributed by atoms with Crippen molar-refractivity contribution in [1.29, 1.82) is 0 Å². The maximum absolute atomic E-state index is 10.7. The SMILES string of the molecule is C#Cn1ccc(N)nc1=O. The summed E-state index contributed by atoms with van der Waals surface area (Å²) in [5.74, 6) is 0.177. The third-order valence-corrected chi connectivity index (χ3v) is 0.964. The molecule has 0 radical (unpaired) electrons. The minimum Gasteiger partial charge on any atom is -0.383 e. The van der Waals surface area contributed by atoms with Gasteiger partial charge in [0.05, 0.1) is 0 Å². The van der Waals surface area contributed by atoms with Crippen LogP contribution in [-0.4, -0.2) is 9.55 Å². The van der Waals surface area contributed by atoms with E-state index in [0.717, 1.165) is 4.57 Å². The molecule has 0 aliphatic carbocycles. The first-order valence-corrected chi connectivity index (χ1v) is 2.56. The molecule has 0 bridgehead atoms. The summed E-state index contributed by atoms with van der Waals surface area (Å²) < 4.78 is 1.01. The van der Waals surface area contributed by atoms with Crippen molar-refractivity contribution in [3.63, 3.8) is 0 Å². The standard InChI is InChI=1S/C6H5N3O/c1-2-9-4-3-5(7)8-6(9)10/h1,3-4H,(H2,7,8,10). The molecule has 0 amide bonds. The van der Waals surface area contributed by atoms with Crippen LogP contribution in [0.15, 0.2) is 17.1 Å². The molecule has 0 aliphatic rings. The molecule has 1 rings (SSSR count). The molecule has 0 atom stereocenters. The van der Waals surface area contributed by atoms with Crippen LogP contribution in [0.5, 0.6) is 0 Å². The van der Waals surface area contributed by atoms with E-state index < -0.39 is 5.69 Å². The summed E-state index contributed by atoms with van der Waals surface area (Å²) in [4.78, 5) is 14.1. The summed E-state index contributed by atoms with van der Waals surface area (Å²) >= 11 is 0. The van der Waals surface area contributed by atoms with E-state index in [9.17, 15) is 4.79 Å². The van der Waals surface area contributed by atoms with Crippen LogP contribution < -0.4 is 11.4 Å². The fraction of sp³-hybridized carbons (Fsp3) is 0. The first-order valence-electron chi connectivity index (χ1n) is 2.56. The van der Waals surface area contributed by atoms with Crippen LogP contribution in [0.1, 0.15) is 0 Å². The van der Waals surface area contributed by atoms with Gasteiger partial charge in [0.1, 0.15) is 5.82 Å². The minimum atomic E-state index is -0.525. The minimum absolute atomic E-state index is 0.177. The van der Waals surface area contributed by atoms with Crippen LogP contribution in [0.2, 0.25) is 0 Å². The van der Waals surface area contributed by atoms with Crippen molar-refractivity contribution in [3.8, 4) is 12.5 Å². The fourth-order valence-electron chi connectivity index (χ4n) is 0.514. The predicted molar refractivity (Wildman–Crippen MR) is 37.1 cm³/mol. The summed E-state index contributed by atoms with van der Waals surface area (Å²) in [6, 6.07) is 3.57. The van der Waals surface area contributed by atoms with Gasteiger partial charge in [-0.3, -0.25) is 0 Å². The molecule has 4 heteroatoms. The van der Waals surface area contributed by atoms with Gasteiger partial charge >= 0.3 is 5.69 Å². The molecular weight excluding hydrogens is 130 g/mol. The monoisotopic (exact) mass is 135 g/mol. The largest absolute Gasteiger partial charge is 0.383 e. The molecule has 10 heavy (non-hydrogen) atoms. The van der Waals surface area contributed by atoms with E-state index in [4.69, 9.17) is 12.2 Å². The number of terminal acetylenes is 1. The topological polar surface area (TPSA) is 60.9 Å². The van der Waals surface area contributed by atoms with Gasteiger partial charge < -0.3 is 5.73 Å². The van der Waals surface area contributed by atoms with E-state index in [1.165, 1.54) is 12.3 Å². The average Bonchev–Trinajstić information content (AvgIpc) is 1.88. The van der Waals surface area contributed by atoms with Crippen LogP contribution in [0, 0.1) is 12.5 Å². The molecule has 1 heterocycles. The van der Waals surface area contributed by atoms with Crippen LogP contribution in [-0.2, 0) is 0 Å². The lowest BCUT2D eigenvalue weighted by atomic mass is 10.6. The van der Waals surface area contributed by atoms with E-state index in [0.29, 0.717) is 0 Å². The Bertz CT molecular complexity index is 334. The molecule has 1 aromatic heterocycles. The lowest BCUT2D eigenvalue weighted by Crippen LogP contribution is -2.19. The van der Waals surface area contributed by atoms with Crippen molar-refractivity contribution in [2.24, 2.45) is 0 Å². The van der Waals surface area contributed by atoms with Gasteiger partial charge in [0.15, 0.2) is 0 Å². The predicted octanol–water partition coefficient (Wildman–Crippen LogP) is -0.736. The number of nitrogens with zero attached hydrogens (tertiary/aromatic N) is 2. The lowest BCUT2D eigenvalue weighted by Gasteiger charge is -1.92. The molecule has 1 aromatic rings. The first kappa shape index (κ1) is 6.36. The average molecular weight is 135 g/mol. The van der Waals surface area contributed by atoms with E-state index in [1.807, 2.05) is 0 Å². The van der Waals surface area contributed by atoms with Gasteiger partial charge in [0, 0.05) is 12.2 Å². The van der Waals surface area contributed by atoms with E-state index >= 15 is 0 Å². The highest BCUT2D eigenvalue weighted by Crippen LogP contribution is 1.86. The number of nitrogen functional groups attached to an aromatic ring is 1. The molecule has 0 aromatic carbocycles. The highest BCUT2D eigenvalue weighted by atomic mass is 16.1. The molecule has 4 nitrogen and oxygen atoms in total. The van der Waals surface area contributed by atoms with Crippen molar-refractivity contribution in [2.45, 2.75) is 0 Å². The Labute approximate surface area is 57.3 Å². The molecular formula is C6H5N3O. The number of rotatable bonds is 0. The fourth-order valence-corrected chi connectivity index (χ4v) is 0.514. The Morgan fingerprint density at radius 2 is 2.50 bits per heavy atom. The van der Waals surface area contributed by atoms with Gasteiger partial charge in [-0.2, -0.15) is 4.98 Å². The molecule has 0 saturated carbocycles. The number of hydrogen-bond donors (Lipinski definition) is 1. The second kappa shape index (κ2) is 2.23. The quantitative estimate of drug-likeness (QED) is 0.477. The number of aromatic nitrogens is 2. The Balaban J connectivity index is 3.38. The summed E-state index contributed by atoms with van der Waals surface area (Å²) in [7, 11) is 0. The molecule has 0 unspecified atom stereocenters. The summed E-state index contributed by atoms with van der Waals surface area (Å²) in [5.41, 5.74) is 4.66. The van der Waals surface area contributed by atoms with Gasteiger partial charge in [-0.15, -0.1) is 0 Å². The van der Waals surface area contributed by atoms with Crippen molar-refractivity contribution in [2.75, 3.05) is 5.73 Å². The zero-order chi connectivity index (χ0) is 7.56. The summed E-state index contributed by atoms with van der Waals surface area (Å²) in [5, 5.41) is 0. The van der Waals surface area contributed by atoms with E-state index in [2.05, 4.69) is 11.0 Å². The molecule has 0 fully saturated rings. The zero-order valence-electron chi connectivity index (χ0n) is 5.11. The van der Waals surface area contributed by atoms with Crippen molar-refractivity contribution in [1.82, 2.24) is 9.55 Å². The zero-order valence-corrected chi connectivity index (χ0v) is 5.11. The molecule has 0 aliphatic heterocycles. The lowest BCUT2D eigenvalue weighted by molar-refractivity contribution is 0.953. The number of hydrogen-bond acceptors (Lipinski definition) is 3. The highest BCUT2D eigenvalue weighted by Gasteiger charge is 1.91. The second-order valence-electron chi connectivity index (χ2n) is 1.63. The third kappa shape index (κ3) is 0.977. The highest BCUT2D eigenvalue weighted by molar-refractivity contribution is 5.24. The van der Waals surface area contributed by atoms with E-state index in [-0.39, 0.29) is 5.82 Å². The normalized spacial score (nSPS) is 8.70. The molecule has 0 spiro atoms. The maximum Gasteiger partial charge on any atom is 0.361 e. The van der Waals surface area contributed by atoms with Gasteiger partial charge in [-0.1, -0.05) is 6.42 Å². The maximum atomic E-state index is 10.7. The molecule has 0 saturated heterocycles. The van der Waals surface area contributed by atoms with Gasteiger partial charge in [0.2, 0.25) is 0 Å². The van der Waals surface area contributed by atoms with Gasteiger partial charge in [-0.05, 0) is 6.07 Å². The third-order valence-electron chi connectivity index (χ3n) is 0.964. The second-order valence-corrected chi connectivity index (χ2v) is 1.63. The number of anilines is 1. The Hall–Kier alpha value is -1.76. The van der Waals surface area contributed by atoms with Crippen LogP contribution in [0.25, 0.3) is 0 Å². The number of nitrogens with two attached hydrogens (primary N) is 1. The smallest absolute Gasteiger partial charge is 0.361 e. The Morgan fingerprint density at radius 1 is 1.80 bits per heavy atom. The van der Waals surface area contributed by atoms with Crippen molar-refractivity contribution in [3.05, 3.63) is 22.7 Å².